The van der Waals surface area contributed by atoms with Crippen LogP contribution in [0.1, 0.15) is 36.2 Å². The molecule has 0 radical (unpaired) electrons. The first-order chi connectivity index (χ1) is 11.8. The number of hydrogen-bond donors (Lipinski definition) is 2. The predicted octanol–water partition coefficient (Wildman–Crippen LogP) is 2.20. The van der Waals surface area contributed by atoms with Crippen LogP contribution in [-0.4, -0.2) is 48.3 Å². The number of amidine groups is 1. The molecule has 2 aliphatic heterocycles. The molecular weight excluding hydrogens is 358 g/mol. The first kappa shape index (κ1) is 18.3. The summed E-state index contributed by atoms with van der Waals surface area (Å²) in [5, 5.41) is 6.96. The third-order valence-electron chi connectivity index (χ3n) is 4.55. The molecule has 1 aromatic rings. The van der Waals surface area contributed by atoms with Crippen LogP contribution in [0.4, 0.5) is 5.69 Å². The molecule has 6 nitrogen and oxygen atoms in total. The molecule has 3 rings (SSSR count). The quantitative estimate of drug-likeness (QED) is 0.835. The Morgan fingerprint density at radius 2 is 2.16 bits per heavy atom. The number of sulfone groups is 1. The van der Waals surface area contributed by atoms with Gasteiger partial charge in [0, 0.05) is 22.5 Å². The molecule has 0 aliphatic carbocycles. The summed E-state index contributed by atoms with van der Waals surface area (Å²) in [5.74, 6) is 0.223. The maximum Gasteiger partial charge on any atom is 0.251 e. The van der Waals surface area contributed by atoms with Gasteiger partial charge >= 0.3 is 0 Å². The van der Waals surface area contributed by atoms with Crippen molar-refractivity contribution in [1.82, 2.24) is 5.32 Å². The molecule has 0 spiro atoms. The zero-order chi connectivity index (χ0) is 18.2. The molecule has 1 aromatic carbocycles. The van der Waals surface area contributed by atoms with Gasteiger partial charge < -0.3 is 10.6 Å². The van der Waals surface area contributed by atoms with Gasteiger partial charge in [-0.3, -0.25) is 9.79 Å². The highest BCUT2D eigenvalue weighted by Gasteiger charge is 2.42. The van der Waals surface area contributed by atoms with Gasteiger partial charge in [0.05, 0.1) is 17.5 Å². The van der Waals surface area contributed by atoms with Crippen LogP contribution in [0.5, 0.6) is 0 Å². The van der Waals surface area contributed by atoms with Crippen molar-refractivity contribution in [2.75, 3.05) is 16.8 Å². The van der Waals surface area contributed by atoms with E-state index in [0.717, 1.165) is 22.8 Å². The van der Waals surface area contributed by atoms with Crippen molar-refractivity contribution in [3.63, 3.8) is 0 Å². The fourth-order valence-corrected chi connectivity index (χ4v) is 6.51. The maximum atomic E-state index is 12.3. The second kappa shape index (κ2) is 6.99. The Hall–Kier alpha value is -1.54. The lowest BCUT2D eigenvalue weighted by Gasteiger charge is -2.14. The highest BCUT2D eigenvalue weighted by Crippen LogP contribution is 2.35. The minimum atomic E-state index is -2.95. The molecule has 1 amide bonds. The molecule has 1 saturated heterocycles. The van der Waals surface area contributed by atoms with Crippen molar-refractivity contribution >= 4 is 38.4 Å². The van der Waals surface area contributed by atoms with E-state index in [-0.39, 0.29) is 34.7 Å². The van der Waals surface area contributed by atoms with Gasteiger partial charge in [-0.25, -0.2) is 8.42 Å². The van der Waals surface area contributed by atoms with Crippen LogP contribution < -0.4 is 10.6 Å². The molecule has 2 N–H and O–H groups in total. The van der Waals surface area contributed by atoms with Gasteiger partial charge in [0.1, 0.15) is 0 Å². The van der Waals surface area contributed by atoms with Gasteiger partial charge in [0.15, 0.2) is 15.0 Å². The highest BCUT2D eigenvalue weighted by molar-refractivity contribution is 8.15. The van der Waals surface area contributed by atoms with E-state index in [1.54, 1.807) is 0 Å². The number of aryl methyl sites for hydroxylation is 1. The fraction of sp³-hybridized carbons (Fsp3) is 0.529. The second-order valence-electron chi connectivity index (χ2n) is 6.67. The number of carbonyl (C=O) groups excluding carboxylic acids is 1. The molecule has 2 unspecified atom stereocenters. The number of hydrogen-bond acceptors (Lipinski definition) is 6. The van der Waals surface area contributed by atoms with E-state index in [1.165, 1.54) is 11.8 Å². The smallest absolute Gasteiger partial charge is 0.251 e. The van der Waals surface area contributed by atoms with Crippen LogP contribution in [0, 0.1) is 6.92 Å². The van der Waals surface area contributed by atoms with Crippen LogP contribution in [0.3, 0.4) is 0 Å². The van der Waals surface area contributed by atoms with E-state index >= 15 is 0 Å². The standard InChI is InChI=1S/C17H23N3O3S2/c1-4-11(3)18-16(21)12-6-5-10(2)13(7-12)19-17-20-14-8-25(22,23)9-15(14)24-17/h5-7,11,14-15H,4,8-9H2,1-3H3,(H,18,21)(H,19,20)/t11-,14?,15?/m0/s1. The number of benzene rings is 1. The van der Waals surface area contributed by atoms with E-state index in [1.807, 2.05) is 39.0 Å². The minimum Gasteiger partial charge on any atom is -0.350 e. The Kier molecular flexibility index (Phi) is 5.11. The molecule has 2 heterocycles. The Labute approximate surface area is 152 Å². The van der Waals surface area contributed by atoms with Gasteiger partial charge in [-0.05, 0) is 38.0 Å². The largest absolute Gasteiger partial charge is 0.350 e. The fourth-order valence-electron chi connectivity index (χ4n) is 2.84. The van der Waals surface area contributed by atoms with Crippen LogP contribution in [-0.2, 0) is 9.84 Å². The number of amides is 1. The Morgan fingerprint density at radius 1 is 1.40 bits per heavy atom. The summed E-state index contributed by atoms with van der Waals surface area (Å²) in [7, 11) is -2.95. The van der Waals surface area contributed by atoms with E-state index in [2.05, 4.69) is 15.6 Å². The van der Waals surface area contributed by atoms with E-state index in [0.29, 0.717) is 5.56 Å². The lowest BCUT2D eigenvalue weighted by Crippen LogP contribution is -2.32. The van der Waals surface area contributed by atoms with Crippen LogP contribution in [0.15, 0.2) is 23.2 Å². The SMILES string of the molecule is CC[C@H](C)NC(=O)c1ccc(C)c(NC2=NC3CS(=O)(=O)CC3S2)c1. The summed E-state index contributed by atoms with van der Waals surface area (Å²) >= 11 is 1.47. The molecule has 0 saturated carbocycles. The number of fused-ring (bicyclic) bond motifs is 1. The van der Waals surface area contributed by atoms with Crippen molar-refractivity contribution in [3.05, 3.63) is 29.3 Å². The molecular formula is C17H23N3O3S2. The third kappa shape index (κ3) is 4.17. The van der Waals surface area contributed by atoms with Crippen LogP contribution >= 0.6 is 11.8 Å². The third-order valence-corrected chi connectivity index (χ3v) is 7.69. The monoisotopic (exact) mass is 381 g/mol. The molecule has 0 aromatic heterocycles. The number of aliphatic imine (C=N–C) groups is 1. The average Bonchev–Trinajstić information content (AvgIpc) is 3.01. The normalized spacial score (nSPS) is 25.2. The number of thioether (sulfide) groups is 1. The second-order valence-corrected chi connectivity index (χ2v) is 10.1. The molecule has 1 fully saturated rings. The Balaban J connectivity index is 1.73. The van der Waals surface area contributed by atoms with Crippen molar-refractivity contribution < 1.29 is 13.2 Å². The summed E-state index contributed by atoms with van der Waals surface area (Å²) in [5.41, 5.74) is 2.43. The first-order valence-corrected chi connectivity index (χ1v) is 11.1. The van der Waals surface area contributed by atoms with Crippen molar-refractivity contribution in [2.24, 2.45) is 4.99 Å². The number of rotatable bonds is 4. The lowest BCUT2D eigenvalue weighted by molar-refractivity contribution is 0.0939. The molecule has 3 atom stereocenters. The Bertz CT molecular complexity index is 820. The predicted molar refractivity (Wildman–Crippen MR) is 103 cm³/mol. The first-order valence-electron chi connectivity index (χ1n) is 8.41. The summed E-state index contributed by atoms with van der Waals surface area (Å²) < 4.78 is 23.3. The van der Waals surface area contributed by atoms with E-state index < -0.39 is 9.84 Å². The van der Waals surface area contributed by atoms with Gasteiger partial charge in [0.2, 0.25) is 0 Å². The highest BCUT2D eigenvalue weighted by atomic mass is 32.2. The molecule has 0 bridgehead atoms. The number of anilines is 1. The van der Waals surface area contributed by atoms with Gasteiger partial charge in [0.25, 0.3) is 5.91 Å². The van der Waals surface area contributed by atoms with Crippen LogP contribution in [0.25, 0.3) is 0 Å². The zero-order valence-electron chi connectivity index (χ0n) is 14.6. The molecule has 2 aliphatic rings. The van der Waals surface area contributed by atoms with E-state index in [9.17, 15) is 13.2 Å². The van der Waals surface area contributed by atoms with Gasteiger partial charge in [-0.1, -0.05) is 24.8 Å². The molecule has 136 valence electrons. The number of nitrogens with zero attached hydrogens (tertiary/aromatic N) is 1. The molecule has 8 heteroatoms. The Morgan fingerprint density at radius 3 is 2.84 bits per heavy atom. The molecule has 25 heavy (non-hydrogen) atoms. The maximum absolute atomic E-state index is 12.3. The lowest BCUT2D eigenvalue weighted by atomic mass is 10.1. The number of nitrogens with one attached hydrogen (secondary N) is 2. The summed E-state index contributed by atoms with van der Waals surface area (Å²) in [6.45, 7) is 5.96. The van der Waals surface area contributed by atoms with Crippen molar-refractivity contribution in [1.29, 1.82) is 0 Å². The summed E-state index contributed by atoms with van der Waals surface area (Å²) in [4.78, 5) is 16.8. The van der Waals surface area contributed by atoms with Crippen molar-refractivity contribution in [2.45, 2.75) is 44.5 Å². The average molecular weight is 382 g/mol. The van der Waals surface area contributed by atoms with Gasteiger partial charge in [-0.15, -0.1) is 0 Å². The summed E-state index contributed by atoms with van der Waals surface area (Å²) in [6.07, 6.45) is 0.877. The summed E-state index contributed by atoms with van der Waals surface area (Å²) in [6, 6.07) is 5.50. The number of carbonyl (C=O) groups is 1. The van der Waals surface area contributed by atoms with Crippen molar-refractivity contribution in [3.8, 4) is 0 Å². The topological polar surface area (TPSA) is 87.6 Å². The van der Waals surface area contributed by atoms with Crippen LogP contribution in [0.2, 0.25) is 0 Å². The minimum absolute atomic E-state index is 0.00434. The zero-order valence-corrected chi connectivity index (χ0v) is 16.2. The van der Waals surface area contributed by atoms with E-state index in [4.69, 9.17) is 0 Å². The van der Waals surface area contributed by atoms with Gasteiger partial charge in [-0.2, -0.15) is 0 Å².